The van der Waals surface area contributed by atoms with Crippen LogP contribution in [-0.2, 0) is 16.2 Å². The fourth-order valence-electron chi connectivity index (χ4n) is 1.36. The molecule has 0 atom stereocenters. The monoisotopic (exact) mass is 316 g/mol. The molecule has 0 saturated heterocycles. The standard InChI is InChI=1S/C10H12ClF3N2O2S/c1-16(5-4-15)19(17,18)7-2-3-9(11)8(6-7)10(12,13)14/h2-3,6H,4-5,15H2,1H3. The number of rotatable bonds is 4. The van der Waals surface area contributed by atoms with Gasteiger partial charge in [-0.05, 0) is 18.2 Å². The summed E-state index contributed by atoms with van der Waals surface area (Å²) < 4.78 is 62.8. The number of nitrogens with two attached hydrogens (primary N) is 1. The summed E-state index contributed by atoms with van der Waals surface area (Å²) in [5.74, 6) is 0. The molecule has 1 aromatic rings. The van der Waals surface area contributed by atoms with Crippen LogP contribution in [0.5, 0.6) is 0 Å². The topological polar surface area (TPSA) is 63.4 Å². The number of nitrogens with zero attached hydrogens (tertiary/aromatic N) is 1. The van der Waals surface area contributed by atoms with Gasteiger partial charge in [0.2, 0.25) is 10.0 Å². The molecule has 0 heterocycles. The second-order valence-corrected chi connectivity index (χ2v) is 6.21. The maximum atomic E-state index is 12.7. The number of hydrogen-bond donors (Lipinski definition) is 1. The molecule has 0 aliphatic rings. The van der Waals surface area contributed by atoms with Gasteiger partial charge in [-0.25, -0.2) is 8.42 Å². The van der Waals surface area contributed by atoms with E-state index in [-0.39, 0.29) is 13.1 Å². The van der Waals surface area contributed by atoms with Crippen molar-refractivity contribution in [2.24, 2.45) is 5.73 Å². The molecule has 0 radical (unpaired) electrons. The Morgan fingerprint density at radius 1 is 1.37 bits per heavy atom. The van der Waals surface area contributed by atoms with E-state index >= 15 is 0 Å². The molecular weight excluding hydrogens is 305 g/mol. The highest BCUT2D eigenvalue weighted by molar-refractivity contribution is 7.89. The van der Waals surface area contributed by atoms with Gasteiger partial charge in [0.05, 0.1) is 15.5 Å². The molecule has 0 bridgehead atoms. The molecule has 0 fully saturated rings. The van der Waals surface area contributed by atoms with Crippen molar-refractivity contribution >= 4 is 21.6 Å². The van der Waals surface area contributed by atoms with Gasteiger partial charge in [0, 0.05) is 20.1 Å². The first-order valence-corrected chi connectivity index (χ1v) is 6.95. The van der Waals surface area contributed by atoms with E-state index in [4.69, 9.17) is 17.3 Å². The van der Waals surface area contributed by atoms with Crippen molar-refractivity contribution in [2.45, 2.75) is 11.1 Å². The quantitative estimate of drug-likeness (QED) is 0.923. The van der Waals surface area contributed by atoms with Crippen molar-refractivity contribution in [3.05, 3.63) is 28.8 Å². The summed E-state index contributed by atoms with van der Waals surface area (Å²) in [4.78, 5) is -0.472. The van der Waals surface area contributed by atoms with Crippen LogP contribution in [0.15, 0.2) is 23.1 Å². The second kappa shape index (κ2) is 5.66. The molecule has 0 aromatic heterocycles. The second-order valence-electron chi connectivity index (χ2n) is 3.75. The van der Waals surface area contributed by atoms with Crippen LogP contribution in [0.1, 0.15) is 5.56 Å². The van der Waals surface area contributed by atoms with Crippen molar-refractivity contribution in [3.8, 4) is 0 Å². The fraction of sp³-hybridized carbons (Fsp3) is 0.400. The minimum atomic E-state index is -4.71. The van der Waals surface area contributed by atoms with Crippen molar-refractivity contribution < 1.29 is 21.6 Å². The first kappa shape index (κ1) is 16.2. The Hall–Kier alpha value is -0.830. The average Bonchev–Trinajstić information content (AvgIpc) is 2.28. The molecule has 1 aromatic carbocycles. The summed E-state index contributed by atoms with van der Waals surface area (Å²) in [6, 6.07) is 2.46. The summed E-state index contributed by atoms with van der Waals surface area (Å²) in [7, 11) is -2.77. The summed E-state index contributed by atoms with van der Waals surface area (Å²) >= 11 is 5.42. The largest absolute Gasteiger partial charge is 0.417 e. The van der Waals surface area contributed by atoms with Gasteiger partial charge in [-0.15, -0.1) is 0 Å². The summed E-state index contributed by atoms with van der Waals surface area (Å²) in [5, 5.41) is -0.548. The first-order chi connectivity index (χ1) is 8.60. The number of sulfonamides is 1. The van der Waals surface area contributed by atoms with Gasteiger partial charge >= 0.3 is 6.18 Å². The highest BCUT2D eigenvalue weighted by Crippen LogP contribution is 2.36. The maximum absolute atomic E-state index is 12.7. The molecule has 19 heavy (non-hydrogen) atoms. The van der Waals surface area contributed by atoms with E-state index in [9.17, 15) is 21.6 Å². The Labute approximate surface area is 114 Å². The van der Waals surface area contributed by atoms with Crippen LogP contribution in [0.4, 0.5) is 13.2 Å². The van der Waals surface area contributed by atoms with Crippen molar-refractivity contribution in [2.75, 3.05) is 20.1 Å². The Kier molecular flexibility index (Phi) is 4.83. The van der Waals surface area contributed by atoms with Crippen LogP contribution in [0.25, 0.3) is 0 Å². The predicted molar refractivity (Wildman–Crippen MR) is 65.3 cm³/mol. The number of halogens is 4. The highest BCUT2D eigenvalue weighted by Gasteiger charge is 2.35. The van der Waals surface area contributed by atoms with Gasteiger partial charge in [-0.1, -0.05) is 11.6 Å². The SMILES string of the molecule is CN(CCN)S(=O)(=O)c1ccc(Cl)c(C(F)(F)F)c1. The van der Waals surface area contributed by atoms with Crippen molar-refractivity contribution in [3.63, 3.8) is 0 Å². The molecule has 9 heteroatoms. The van der Waals surface area contributed by atoms with Gasteiger partial charge in [0.15, 0.2) is 0 Å². The summed E-state index contributed by atoms with van der Waals surface area (Å²) in [6.45, 7) is 0.0712. The number of benzene rings is 1. The molecule has 1 rings (SSSR count). The van der Waals surface area contributed by atoms with Gasteiger partial charge in [0.1, 0.15) is 0 Å². The van der Waals surface area contributed by atoms with Crippen LogP contribution in [-0.4, -0.2) is 32.9 Å². The smallest absolute Gasteiger partial charge is 0.329 e. The Bertz CT molecular complexity index is 560. The van der Waals surface area contributed by atoms with Gasteiger partial charge in [-0.2, -0.15) is 17.5 Å². The normalized spacial score (nSPS) is 13.0. The lowest BCUT2D eigenvalue weighted by atomic mass is 10.2. The zero-order valence-electron chi connectivity index (χ0n) is 9.91. The molecule has 0 aliphatic heterocycles. The highest BCUT2D eigenvalue weighted by atomic mass is 35.5. The molecule has 0 aliphatic carbocycles. The van der Waals surface area contributed by atoms with Crippen LogP contribution in [0.2, 0.25) is 5.02 Å². The van der Waals surface area contributed by atoms with Gasteiger partial charge in [-0.3, -0.25) is 0 Å². The van der Waals surface area contributed by atoms with E-state index in [0.717, 1.165) is 16.4 Å². The lowest BCUT2D eigenvalue weighted by molar-refractivity contribution is -0.137. The lowest BCUT2D eigenvalue weighted by Gasteiger charge is -2.17. The Morgan fingerprint density at radius 2 is 1.95 bits per heavy atom. The van der Waals surface area contributed by atoms with Gasteiger partial charge in [0.25, 0.3) is 0 Å². The molecule has 2 N–H and O–H groups in total. The first-order valence-electron chi connectivity index (χ1n) is 5.14. The summed E-state index contributed by atoms with van der Waals surface area (Å²) in [6.07, 6.45) is -4.71. The van der Waals surface area contributed by atoms with Crippen molar-refractivity contribution in [1.29, 1.82) is 0 Å². The molecule has 108 valence electrons. The number of hydrogen-bond acceptors (Lipinski definition) is 3. The number of likely N-dealkylation sites (N-methyl/N-ethyl adjacent to an activating group) is 1. The predicted octanol–water partition coefficient (Wildman–Crippen LogP) is 1.94. The van der Waals surface area contributed by atoms with Gasteiger partial charge < -0.3 is 5.73 Å². The van der Waals surface area contributed by atoms with Crippen LogP contribution < -0.4 is 5.73 Å². The Balaban J connectivity index is 3.30. The van der Waals surface area contributed by atoms with Crippen LogP contribution in [0.3, 0.4) is 0 Å². The minimum Gasteiger partial charge on any atom is -0.329 e. The van der Waals surface area contributed by atoms with E-state index in [0.29, 0.717) is 6.07 Å². The average molecular weight is 317 g/mol. The third-order valence-electron chi connectivity index (χ3n) is 2.40. The fourth-order valence-corrected chi connectivity index (χ4v) is 2.80. The van der Waals surface area contributed by atoms with E-state index < -0.39 is 31.7 Å². The molecular formula is C10H12ClF3N2O2S. The molecule has 0 amide bonds. The third-order valence-corrected chi connectivity index (χ3v) is 4.58. The molecule has 4 nitrogen and oxygen atoms in total. The molecule has 0 unspecified atom stereocenters. The molecule has 0 spiro atoms. The van der Waals surface area contributed by atoms with Crippen LogP contribution >= 0.6 is 11.6 Å². The maximum Gasteiger partial charge on any atom is 0.417 e. The van der Waals surface area contributed by atoms with E-state index in [1.807, 2.05) is 0 Å². The van der Waals surface area contributed by atoms with E-state index in [2.05, 4.69) is 0 Å². The zero-order valence-corrected chi connectivity index (χ0v) is 11.5. The zero-order chi connectivity index (χ0) is 14.8. The van der Waals surface area contributed by atoms with Crippen LogP contribution in [0, 0.1) is 0 Å². The Morgan fingerprint density at radius 3 is 2.42 bits per heavy atom. The van der Waals surface area contributed by atoms with E-state index in [1.165, 1.54) is 7.05 Å². The van der Waals surface area contributed by atoms with Crippen molar-refractivity contribution in [1.82, 2.24) is 4.31 Å². The lowest BCUT2D eigenvalue weighted by Crippen LogP contribution is -2.31. The third kappa shape index (κ3) is 3.59. The summed E-state index contributed by atoms with van der Waals surface area (Å²) in [5.41, 5.74) is 4.04. The van der Waals surface area contributed by atoms with E-state index in [1.54, 1.807) is 0 Å². The number of alkyl halides is 3. The minimum absolute atomic E-state index is 0.00626. The molecule has 0 saturated carbocycles.